The fraction of sp³-hybridized carbons (Fsp3) is 0.346. The van der Waals surface area contributed by atoms with E-state index in [1.165, 1.54) is 6.92 Å². The molecule has 11 nitrogen and oxygen atoms in total. The highest BCUT2D eigenvalue weighted by atomic mass is 16.6. The van der Waals surface area contributed by atoms with Crippen molar-refractivity contribution in [3.8, 4) is 0 Å². The Balaban J connectivity index is 2.22. The predicted molar refractivity (Wildman–Crippen MR) is 132 cm³/mol. The molecule has 2 aromatic carbocycles. The number of primary amides is 1. The summed E-state index contributed by atoms with van der Waals surface area (Å²) in [5.41, 5.74) is 6.97. The van der Waals surface area contributed by atoms with Crippen LogP contribution in [0.4, 0.5) is 4.79 Å². The van der Waals surface area contributed by atoms with Crippen molar-refractivity contribution in [1.29, 1.82) is 0 Å². The van der Waals surface area contributed by atoms with E-state index >= 15 is 0 Å². The van der Waals surface area contributed by atoms with Gasteiger partial charge in [0.2, 0.25) is 11.8 Å². The Bertz CT molecular complexity index is 1060. The average Bonchev–Trinajstić information content (AvgIpc) is 2.90. The van der Waals surface area contributed by atoms with Crippen LogP contribution in [0.3, 0.4) is 0 Å². The van der Waals surface area contributed by atoms with Gasteiger partial charge in [-0.15, -0.1) is 0 Å². The summed E-state index contributed by atoms with van der Waals surface area (Å²) < 4.78 is 14.5. The van der Waals surface area contributed by atoms with E-state index in [0.717, 1.165) is 25.3 Å². The molecule has 198 valence electrons. The Labute approximate surface area is 214 Å². The van der Waals surface area contributed by atoms with Crippen LogP contribution in [0.2, 0.25) is 0 Å². The summed E-state index contributed by atoms with van der Waals surface area (Å²) in [6.07, 6.45) is -0.796. The monoisotopic (exact) mass is 513 g/mol. The maximum atomic E-state index is 13.3. The maximum absolute atomic E-state index is 13.3. The van der Waals surface area contributed by atoms with Crippen LogP contribution in [0, 0.1) is 11.8 Å². The largest absolute Gasteiger partial charge is 0.468 e. The topological polar surface area (TPSA) is 163 Å². The molecule has 4 N–H and O–H groups in total. The molecule has 0 aromatic heterocycles. The minimum atomic E-state index is -1.52. The summed E-state index contributed by atoms with van der Waals surface area (Å²) in [4.78, 5) is 62.5. The summed E-state index contributed by atoms with van der Waals surface area (Å²) in [5, 5.41) is 4.96. The zero-order valence-electron chi connectivity index (χ0n) is 20.8. The number of benzene rings is 2. The first kappa shape index (κ1) is 28.8. The molecule has 11 heteroatoms. The van der Waals surface area contributed by atoms with E-state index in [9.17, 15) is 24.0 Å². The molecule has 0 spiro atoms. The Morgan fingerprint density at radius 3 is 1.81 bits per heavy atom. The number of carbonyl (C=O) groups is 5. The maximum Gasteiger partial charge on any atom is 0.408 e. The number of nitrogens with one attached hydrogen (secondary N) is 2. The van der Waals surface area contributed by atoms with Crippen LogP contribution >= 0.6 is 0 Å². The molecule has 37 heavy (non-hydrogen) atoms. The van der Waals surface area contributed by atoms with E-state index in [4.69, 9.17) is 10.5 Å². The molecule has 0 fully saturated rings. The number of hydrogen-bond acceptors (Lipinski definition) is 8. The number of ether oxygens (including phenoxy) is 3. The van der Waals surface area contributed by atoms with Crippen molar-refractivity contribution in [3.63, 3.8) is 0 Å². The normalized spacial score (nSPS) is 13.0. The van der Waals surface area contributed by atoms with Gasteiger partial charge in [-0.3, -0.25) is 19.2 Å². The van der Waals surface area contributed by atoms with Crippen molar-refractivity contribution < 1.29 is 38.2 Å². The van der Waals surface area contributed by atoms with E-state index in [1.807, 2.05) is 6.07 Å². The first-order valence-electron chi connectivity index (χ1n) is 11.4. The third kappa shape index (κ3) is 8.64. The van der Waals surface area contributed by atoms with E-state index in [0.29, 0.717) is 0 Å². The molecule has 0 aliphatic rings. The highest BCUT2D eigenvalue weighted by molar-refractivity contribution is 5.97. The van der Waals surface area contributed by atoms with Gasteiger partial charge in [0.05, 0.1) is 14.2 Å². The van der Waals surface area contributed by atoms with Crippen LogP contribution in [0.1, 0.15) is 18.1 Å². The molecular weight excluding hydrogens is 482 g/mol. The zero-order chi connectivity index (χ0) is 27.4. The Morgan fingerprint density at radius 2 is 1.32 bits per heavy atom. The van der Waals surface area contributed by atoms with Gasteiger partial charge in [0.15, 0.2) is 5.92 Å². The molecular formula is C26H31N3O8. The summed E-state index contributed by atoms with van der Waals surface area (Å²) in [6, 6.07) is 15.2. The number of alkyl carbamates (subject to hydrolysis) is 1. The van der Waals surface area contributed by atoms with Crippen LogP contribution in [0.5, 0.6) is 0 Å². The van der Waals surface area contributed by atoms with Gasteiger partial charge < -0.3 is 30.6 Å². The molecule has 0 bridgehead atoms. The van der Waals surface area contributed by atoms with Crippen molar-refractivity contribution in [3.05, 3.63) is 71.8 Å². The number of hydrogen-bond donors (Lipinski definition) is 3. The number of methoxy groups -OCH3 is 2. The van der Waals surface area contributed by atoms with Crippen LogP contribution < -0.4 is 16.4 Å². The number of amides is 3. The van der Waals surface area contributed by atoms with Crippen molar-refractivity contribution >= 4 is 29.8 Å². The van der Waals surface area contributed by atoms with Crippen molar-refractivity contribution in [2.75, 3.05) is 14.2 Å². The van der Waals surface area contributed by atoms with E-state index in [-0.39, 0.29) is 13.0 Å². The lowest BCUT2D eigenvalue weighted by molar-refractivity contribution is -0.162. The molecule has 0 radical (unpaired) electrons. The van der Waals surface area contributed by atoms with Gasteiger partial charge in [0, 0.05) is 12.3 Å². The van der Waals surface area contributed by atoms with E-state index in [2.05, 4.69) is 20.1 Å². The van der Waals surface area contributed by atoms with Crippen LogP contribution in [0.15, 0.2) is 60.7 Å². The second kappa shape index (κ2) is 14.2. The van der Waals surface area contributed by atoms with Crippen molar-refractivity contribution in [2.45, 2.75) is 32.0 Å². The quantitative estimate of drug-likeness (QED) is 0.216. The van der Waals surface area contributed by atoms with Gasteiger partial charge in [-0.05, 0) is 11.1 Å². The number of rotatable bonds is 12. The van der Waals surface area contributed by atoms with Crippen molar-refractivity contribution in [2.24, 2.45) is 17.6 Å². The molecule has 2 rings (SSSR count). The second-order valence-corrected chi connectivity index (χ2v) is 8.22. The van der Waals surface area contributed by atoms with Gasteiger partial charge in [-0.2, -0.15) is 0 Å². The molecule has 0 aliphatic heterocycles. The van der Waals surface area contributed by atoms with Gasteiger partial charge in [0.1, 0.15) is 18.7 Å². The van der Waals surface area contributed by atoms with Gasteiger partial charge in [0.25, 0.3) is 0 Å². The van der Waals surface area contributed by atoms with Crippen LogP contribution in [-0.2, 0) is 46.4 Å². The van der Waals surface area contributed by atoms with Gasteiger partial charge in [-0.25, -0.2) is 4.79 Å². The molecule has 0 unspecified atom stereocenters. The summed E-state index contributed by atoms with van der Waals surface area (Å²) >= 11 is 0. The third-order valence-corrected chi connectivity index (χ3v) is 5.67. The molecule has 3 atom stereocenters. The summed E-state index contributed by atoms with van der Waals surface area (Å²) in [7, 11) is 2.15. The fourth-order valence-corrected chi connectivity index (χ4v) is 3.65. The van der Waals surface area contributed by atoms with Gasteiger partial charge in [-0.1, -0.05) is 67.6 Å². The van der Waals surface area contributed by atoms with E-state index < -0.39 is 53.8 Å². The summed E-state index contributed by atoms with van der Waals surface area (Å²) in [6.45, 7) is 1.36. The Kier molecular flexibility index (Phi) is 11.1. The lowest BCUT2D eigenvalue weighted by Gasteiger charge is -2.28. The second-order valence-electron chi connectivity index (χ2n) is 8.22. The molecule has 2 aromatic rings. The average molecular weight is 514 g/mol. The molecule has 0 saturated heterocycles. The lowest BCUT2D eigenvalue weighted by atomic mass is 9.86. The van der Waals surface area contributed by atoms with Crippen LogP contribution in [0.25, 0.3) is 0 Å². The first-order valence-corrected chi connectivity index (χ1v) is 11.4. The highest BCUT2D eigenvalue weighted by Crippen LogP contribution is 2.20. The Morgan fingerprint density at radius 1 is 0.811 bits per heavy atom. The summed E-state index contributed by atoms with van der Waals surface area (Å²) in [5.74, 6) is -6.33. The van der Waals surface area contributed by atoms with Crippen LogP contribution in [-0.4, -0.2) is 56.1 Å². The van der Waals surface area contributed by atoms with Crippen molar-refractivity contribution in [1.82, 2.24) is 10.6 Å². The standard InChI is InChI=1S/C26H31N3O8/c1-16(20(24(32)35-2)25(33)36-3)21(22(27)30)29-23(31)19(14-17-10-6-4-7-11-17)28-26(34)37-15-18-12-8-5-9-13-18/h4-13,16,19-21H,14-15H2,1-3H3,(H2,27,30)(H,28,34)(H,29,31)/t16-,19+,21-/m1/s1. The molecule has 0 saturated carbocycles. The predicted octanol–water partition coefficient (Wildman–Crippen LogP) is 1.09. The first-order chi connectivity index (χ1) is 17.7. The minimum absolute atomic E-state index is 0.0206. The molecule has 3 amide bonds. The van der Waals surface area contributed by atoms with Gasteiger partial charge >= 0.3 is 18.0 Å². The smallest absolute Gasteiger partial charge is 0.408 e. The minimum Gasteiger partial charge on any atom is -0.468 e. The van der Waals surface area contributed by atoms with E-state index in [1.54, 1.807) is 54.6 Å². The number of carbonyl (C=O) groups excluding carboxylic acids is 5. The third-order valence-electron chi connectivity index (χ3n) is 5.67. The Hall–Kier alpha value is -4.41. The lowest BCUT2D eigenvalue weighted by Crippen LogP contribution is -2.57. The highest BCUT2D eigenvalue weighted by Gasteiger charge is 2.42. The zero-order valence-corrected chi connectivity index (χ0v) is 20.8. The fourth-order valence-electron chi connectivity index (χ4n) is 3.65. The SMILES string of the molecule is COC(=O)C(C(=O)OC)[C@@H](C)[C@@H](NC(=O)[C@H](Cc1ccccc1)NC(=O)OCc1ccccc1)C(N)=O. The molecule has 0 aliphatic carbocycles. The number of esters is 2. The number of nitrogens with two attached hydrogens (primary N) is 1. The molecule has 0 heterocycles.